The topological polar surface area (TPSA) is 40.5 Å². The van der Waals surface area contributed by atoms with Gasteiger partial charge in [0.25, 0.3) is 0 Å². The van der Waals surface area contributed by atoms with E-state index in [1.165, 1.54) is 57.9 Å². The van der Waals surface area contributed by atoms with Gasteiger partial charge < -0.3 is 5.11 Å². The molecular weight excluding hydrogens is 250 g/mol. The maximum Gasteiger partial charge on any atom is 0.303 e. The molecule has 2 fully saturated rings. The lowest BCUT2D eigenvalue weighted by molar-refractivity contribution is -0.137. The highest BCUT2D eigenvalue weighted by molar-refractivity contribution is 5.66. The Kier molecular flexibility index (Phi) is 5.48. The van der Waals surface area contributed by atoms with E-state index in [2.05, 4.69) is 18.7 Å². The van der Waals surface area contributed by atoms with Crippen LogP contribution in [0.4, 0.5) is 0 Å². The summed E-state index contributed by atoms with van der Waals surface area (Å²) in [5.74, 6) is -0.641. The van der Waals surface area contributed by atoms with Crippen molar-refractivity contribution in [2.45, 2.75) is 90.1 Å². The predicted molar refractivity (Wildman–Crippen MR) is 81.9 cm³/mol. The third-order valence-electron chi connectivity index (χ3n) is 5.38. The van der Waals surface area contributed by atoms with Gasteiger partial charge in [-0.1, -0.05) is 26.7 Å². The average Bonchev–Trinajstić information content (AvgIpc) is 2.58. The third kappa shape index (κ3) is 4.47. The molecule has 1 saturated carbocycles. The van der Waals surface area contributed by atoms with E-state index < -0.39 is 5.97 Å². The van der Waals surface area contributed by atoms with Crippen LogP contribution in [-0.4, -0.2) is 34.6 Å². The molecule has 20 heavy (non-hydrogen) atoms. The van der Waals surface area contributed by atoms with Gasteiger partial charge in [-0.15, -0.1) is 0 Å². The number of carbonyl (C=O) groups is 1. The summed E-state index contributed by atoms with van der Waals surface area (Å²) in [5, 5.41) is 8.94. The Morgan fingerprint density at radius 1 is 1.15 bits per heavy atom. The lowest BCUT2D eigenvalue weighted by Crippen LogP contribution is -2.46. The standard InChI is InChI=1S/C17H31NO2/c1-17(2)11-5-7-15(10-12-17)18-13-4-3-6-14(18)8-9-16(19)20/h14-15H,3-13H2,1-2H3,(H,19,20). The van der Waals surface area contributed by atoms with Gasteiger partial charge in [-0.25, -0.2) is 0 Å². The minimum Gasteiger partial charge on any atom is -0.481 e. The van der Waals surface area contributed by atoms with Crippen molar-refractivity contribution < 1.29 is 9.90 Å². The summed E-state index contributed by atoms with van der Waals surface area (Å²) in [4.78, 5) is 13.5. The number of piperidine rings is 1. The Labute approximate surface area is 123 Å². The molecule has 3 nitrogen and oxygen atoms in total. The number of carboxylic acids is 1. The molecule has 3 heteroatoms. The molecule has 0 radical (unpaired) electrons. The minimum absolute atomic E-state index is 0.333. The number of nitrogens with zero attached hydrogens (tertiary/aromatic N) is 1. The van der Waals surface area contributed by atoms with Crippen molar-refractivity contribution in [2.75, 3.05) is 6.54 Å². The van der Waals surface area contributed by atoms with Crippen molar-refractivity contribution >= 4 is 5.97 Å². The average molecular weight is 281 g/mol. The summed E-state index contributed by atoms with van der Waals surface area (Å²) >= 11 is 0. The van der Waals surface area contributed by atoms with Gasteiger partial charge in [0.1, 0.15) is 0 Å². The van der Waals surface area contributed by atoms with Crippen LogP contribution in [0.25, 0.3) is 0 Å². The Morgan fingerprint density at radius 2 is 1.95 bits per heavy atom. The Hall–Kier alpha value is -0.570. The van der Waals surface area contributed by atoms with Gasteiger partial charge in [-0.3, -0.25) is 9.69 Å². The lowest BCUT2D eigenvalue weighted by atomic mass is 9.85. The van der Waals surface area contributed by atoms with Crippen LogP contribution in [0.15, 0.2) is 0 Å². The molecule has 2 rings (SSSR count). The normalized spacial score (nSPS) is 31.7. The van der Waals surface area contributed by atoms with Crippen molar-refractivity contribution in [1.29, 1.82) is 0 Å². The second kappa shape index (κ2) is 6.93. The summed E-state index contributed by atoms with van der Waals surface area (Å²) in [6.45, 7) is 5.98. The van der Waals surface area contributed by atoms with Crippen molar-refractivity contribution in [1.82, 2.24) is 4.90 Å². The maximum atomic E-state index is 10.8. The molecule has 0 aromatic heterocycles. The molecule has 1 aliphatic heterocycles. The van der Waals surface area contributed by atoms with Crippen LogP contribution >= 0.6 is 0 Å². The monoisotopic (exact) mass is 281 g/mol. The van der Waals surface area contributed by atoms with Crippen LogP contribution in [0, 0.1) is 5.41 Å². The Balaban J connectivity index is 1.94. The van der Waals surface area contributed by atoms with E-state index in [4.69, 9.17) is 5.11 Å². The molecule has 1 aliphatic carbocycles. The molecule has 0 aromatic rings. The highest BCUT2D eigenvalue weighted by Crippen LogP contribution is 2.37. The van der Waals surface area contributed by atoms with E-state index in [1.54, 1.807) is 0 Å². The number of likely N-dealkylation sites (tertiary alicyclic amines) is 1. The Bertz CT molecular complexity index is 327. The zero-order chi connectivity index (χ0) is 14.6. The lowest BCUT2D eigenvalue weighted by Gasteiger charge is -2.41. The molecular formula is C17H31NO2. The van der Waals surface area contributed by atoms with E-state index in [0.717, 1.165) is 6.42 Å². The zero-order valence-electron chi connectivity index (χ0n) is 13.2. The molecule has 2 atom stereocenters. The number of carboxylic acid groups (broad SMARTS) is 1. The maximum absolute atomic E-state index is 10.8. The smallest absolute Gasteiger partial charge is 0.303 e. The van der Waals surface area contributed by atoms with Gasteiger partial charge in [0, 0.05) is 18.5 Å². The second-order valence-electron chi connectivity index (χ2n) is 7.57. The zero-order valence-corrected chi connectivity index (χ0v) is 13.2. The molecule has 1 N–H and O–H groups in total. The molecule has 0 bridgehead atoms. The van der Waals surface area contributed by atoms with E-state index in [9.17, 15) is 4.79 Å². The van der Waals surface area contributed by atoms with Crippen molar-refractivity contribution in [3.63, 3.8) is 0 Å². The highest BCUT2D eigenvalue weighted by Gasteiger charge is 2.32. The van der Waals surface area contributed by atoms with Crippen molar-refractivity contribution in [3.05, 3.63) is 0 Å². The molecule has 116 valence electrons. The highest BCUT2D eigenvalue weighted by atomic mass is 16.4. The summed E-state index contributed by atoms with van der Waals surface area (Å²) in [6, 6.07) is 1.22. The quantitative estimate of drug-likeness (QED) is 0.790. The first-order valence-electron chi connectivity index (χ1n) is 8.45. The van der Waals surface area contributed by atoms with E-state index in [0.29, 0.717) is 23.9 Å². The van der Waals surface area contributed by atoms with Gasteiger partial charge in [-0.05, 0) is 56.9 Å². The molecule has 1 saturated heterocycles. The fourth-order valence-corrected chi connectivity index (χ4v) is 4.08. The number of rotatable bonds is 4. The summed E-state index contributed by atoms with van der Waals surface area (Å²) < 4.78 is 0. The van der Waals surface area contributed by atoms with Gasteiger partial charge in [-0.2, -0.15) is 0 Å². The van der Waals surface area contributed by atoms with Crippen LogP contribution in [-0.2, 0) is 4.79 Å². The minimum atomic E-state index is -0.641. The Morgan fingerprint density at radius 3 is 2.70 bits per heavy atom. The molecule has 1 heterocycles. The summed E-state index contributed by atoms with van der Waals surface area (Å²) in [5.41, 5.74) is 0.501. The van der Waals surface area contributed by atoms with Crippen molar-refractivity contribution in [2.24, 2.45) is 5.41 Å². The van der Waals surface area contributed by atoms with Gasteiger partial charge in [0.05, 0.1) is 0 Å². The van der Waals surface area contributed by atoms with Gasteiger partial charge in [0.2, 0.25) is 0 Å². The fraction of sp³-hybridized carbons (Fsp3) is 0.941. The molecule has 0 aromatic carbocycles. The third-order valence-corrected chi connectivity index (χ3v) is 5.38. The molecule has 2 unspecified atom stereocenters. The SMILES string of the molecule is CC1(C)CCCC(N2CCCCC2CCC(=O)O)CC1. The first-order chi connectivity index (χ1) is 9.48. The van der Waals surface area contributed by atoms with Crippen LogP contribution < -0.4 is 0 Å². The van der Waals surface area contributed by atoms with Gasteiger partial charge in [0.15, 0.2) is 0 Å². The van der Waals surface area contributed by atoms with E-state index in [-0.39, 0.29) is 0 Å². The second-order valence-corrected chi connectivity index (χ2v) is 7.57. The summed E-state index contributed by atoms with van der Waals surface area (Å²) in [6.07, 6.45) is 11.6. The number of hydrogen-bond donors (Lipinski definition) is 1. The van der Waals surface area contributed by atoms with Gasteiger partial charge >= 0.3 is 5.97 Å². The van der Waals surface area contributed by atoms with Crippen LogP contribution in [0.1, 0.15) is 78.1 Å². The molecule has 0 spiro atoms. The van der Waals surface area contributed by atoms with E-state index in [1.807, 2.05) is 0 Å². The van der Waals surface area contributed by atoms with Crippen molar-refractivity contribution in [3.8, 4) is 0 Å². The first kappa shape index (κ1) is 15.8. The predicted octanol–water partition coefficient (Wildman–Crippen LogP) is 4.06. The fourth-order valence-electron chi connectivity index (χ4n) is 4.08. The first-order valence-corrected chi connectivity index (χ1v) is 8.45. The summed E-state index contributed by atoms with van der Waals surface area (Å²) in [7, 11) is 0. The molecule has 0 amide bonds. The van der Waals surface area contributed by atoms with Crippen LogP contribution in [0.3, 0.4) is 0 Å². The number of hydrogen-bond acceptors (Lipinski definition) is 2. The van der Waals surface area contributed by atoms with Crippen LogP contribution in [0.5, 0.6) is 0 Å². The van der Waals surface area contributed by atoms with E-state index >= 15 is 0 Å². The molecule has 2 aliphatic rings. The number of aliphatic carboxylic acids is 1. The largest absolute Gasteiger partial charge is 0.481 e. The van der Waals surface area contributed by atoms with Crippen LogP contribution in [0.2, 0.25) is 0 Å².